The molecule has 1 saturated heterocycles. The van der Waals surface area contributed by atoms with Crippen molar-refractivity contribution in [2.45, 2.75) is 19.4 Å². The van der Waals surface area contributed by atoms with Gasteiger partial charge < -0.3 is 9.64 Å². The molecule has 124 valence electrons. The third kappa shape index (κ3) is 3.32. The Kier molecular flexibility index (Phi) is 4.94. The van der Waals surface area contributed by atoms with E-state index in [0.717, 1.165) is 11.1 Å². The summed E-state index contributed by atoms with van der Waals surface area (Å²) in [5.74, 6) is -1.49. The molecule has 2 atom stereocenters. The standard InChI is InChI=1S/C20H21NO3/c1-2-24-20(23)18-17(16-11-7-4-8-12-16)14-21(19(18)22)13-15-9-5-3-6-10-15/h3-12,17-18H,2,13-14H2,1H3/t17-,18-/m0/s1. The van der Waals surface area contributed by atoms with Crippen LogP contribution >= 0.6 is 0 Å². The SMILES string of the molecule is CCOC(=O)[C@@H]1C(=O)N(Cc2ccccc2)C[C@H]1c1ccccc1. The maximum atomic E-state index is 12.8. The fourth-order valence-electron chi connectivity index (χ4n) is 3.24. The van der Waals surface area contributed by atoms with Crippen LogP contribution in [0, 0.1) is 5.92 Å². The maximum absolute atomic E-state index is 12.8. The number of ether oxygens (including phenoxy) is 1. The van der Waals surface area contributed by atoms with E-state index in [1.807, 2.05) is 60.7 Å². The van der Waals surface area contributed by atoms with Crippen LogP contribution in [0.5, 0.6) is 0 Å². The second-order valence-corrected chi connectivity index (χ2v) is 5.95. The van der Waals surface area contributed by atoms with E-state index in [4.69, 9.17) is 4.74 Å². The molecule has 1 aliphatic heterocycles. The molecule has 4 nitrogen and oxygen atoms in total. The molecule has 0 N–H and O–H groups in total. The normalized spacial score (nSPS) is 20.2. The van der Waals surface area contributed by atoms with Gasteiger partial charge in [-0.15, -0.1) is 0 Å². The van der Waals surface area contributed by atoms with Crippen LogP contribution in [0.2, 0.25) is 0 Å². The Morgan fingerprint density at radius 2 is 1.71 bits per heavy atom. The number of esters is 1. The minimum atomic E-state index is -0.754. The van der Waals surface area contributed by atoms with Crippen molar-refractivity contribution < 1.29 is 14.3 Å². The van der Waals surface area contributed by atoms with Gasteiger partial charge in [0.2, 0.25) is 5.91 Å². The van der Waals surface area contributed by atoms with Crippen LogP contribution in [-0.2, 0) is 20.9 Å². The van der Waals surface area contributed by atoms with Gasteiger partial charge in [-0.3, -0.25) is 9.59 Å². The number of amides is 1. The van der Waals surface area contributed by atoms with E-state index in [0.29, 0.717) is 13.1 Å². The molecule has 2 aromatic rings. The van der Waals surface area contributed by atoms with Gasteiger partial charge >= 0.3 is 5.97 Å². The summed E-state index contributed by atoms with van der Waals surface area (Å²) < 4.78 is 5.16. The predicted octanol–water partition coefficient (Wildman–Crippen LogP) is 2.99. The van der Waals surface area contributed by atoms with Crippen LogP contribution in [0.15, 0.2) is 60.7 Å². The fraction of sp³-hybridized carbons (Fsp3) is 0.300. The molecule has 24 heavy (non-hydrogen) atoms. The molecule has 1 heterocycles. The first kappa shape index (κ1) is 16.2. The zero-order valence-electron chi connectivity index (χ0n) is 13.7. The minimum absolute atomic E-state index is 0.147. The van der Waals surface area contributed by atoms with Crippen molar-refractivity contribution >= 4 is 11.9 Å². The molecule has 0 saturated carbocycles. The molecule has 3 rings (SSSR count). The van der Waals surface area contributed by atoms with Gasteiger partial charge in [0.1, 0.15) is 5.92 Å². The topological polar surface area (TPSA) is 46.6 Å². The monoisotopic (exact) mass is 323 g/mol. The summed E-state index contributed by atoms with van der Waals surface area (Å²) >= 11 is 0. The Balaban J connectivity index is 1.86. The second kappa shape index (κ2) is 7.30. The van der Waals surface area contributed by atoms with Gasteiger partial charge in [-0.05, 0) is 18.1 Å². The molecule has 0 unspecified atom stereocenters. The summed E-state index contributed by atoms with van der Waals surface area (Å²) in [6.07, 6.45) is 0. The summed E-state index contributed by atoms with van der Waals surface area (Å²) in [7, 11) is 0. The van der Waals surface area contributed by atoms with Crippen LogP contribution in [0.1, 0.15) is 24.0 Å². The van der Waals surface area contributed by atoms with Crippen LogP contribution in [0.4, 0.5) is 0 Å². The first-order chi connectivity index (χ1) is 11.7. The van der Waals surface area contributed by atoms with E-state index in [1.54, 1.807) is 11.8 Å². The Morgan fingerprint density at radius 1 is 1.08 bits per heavy atom. The number of rotatable bonds is 5. The lowest BCUT2D eigenvalue weighted by atomic mass is 9.89. The molecule has 1 fully saturated rings. The molecule has 0 aliphatic carbocycles. The third-order valence-electron chi connectivity index (χ3n) is 4.38. The molecule has 0 radical (unpaired) electrons. The molecule has 4 heteroatoms. The number of hydrogen-bond acceptors (Lipinski definition) is 3. The quantitative estimate of drug-likeness (QED) is 0.628. The highest BCUT2D eigenvalue weighted by Crippen LogP contribution is 2.35. The van der Waals surface area contributed by atoms with Crippen molar-refractivity contribution in [3.63, 3.8) is 0 Å². The molecule has 1 amide bonds. The number of hydrogen-bond donors (Lipinski definition) is 0. The highest BCUT2D eigenvalue weighted by atomic mass is 16.5. The van der Waals surface area contributed by atoms with E-state index in [9.17, 15) is 9.59 Å². The van der Waals surface area contributed by atoms with Gasteiger partial charge in [0.05, 0.1) is 6.61 Å². The summed E-state index contributed by atoms with van der Waals surface area (Å²) in [6, 6.07) is 19.6. The summed E-state index contributed by atoms with van der Waals surface area (Å²) in [5, 5.41) is 0. The molecule has 0 spiro atoms. The molecule has 1 aliphatic rings. The van der Waals surface area contributed by atoms with Crippen molar-refractivity contribution in [1.82, 2.24) is 4.90 Å². The van der Waals surface area contributed by atoms with Gasteiger partial charge in [0.25, 0.3) is 0 Å². The number of likely N-dealkylation sites (tertiary alicyclic amines) is 1. The highest BCUT2D eigenvalue weighted by Gasteiger charge is 2.46. The number of carbonyl (C=O) groups is 2. The van der Waals surface area contributed by atoms with Gasteiger partial charge in [0, 0.05) is 19.0 Å². The first-order valence-corrected chi connectivity index (χ1v) is 8.25. The van der Waals surface area contributed by atoms with E-state index in [1.165, 1.54) is 0 Å². The summed E-state index contributed by atoms with van der Waals surface area (Å²) in [5.41, 5.74) is 2.06. The van der Waals surface area contributed by atoms with E-state index in [-0.39, 0.29) is 18.4 Å². The number of carbonyl (C=O) groups excluding carboxylic acids is 2. The van der Waals surface area contributed by atoms with Crippen molar-refractivity contribution in [3.8, 4) is 0 Å². The Hall–Kier alpha value is -2.62. The largest absolute Gasteiger partial charge is 0.465 e. The van der Waals surface area contributed by atoms with Gasteiger partial charge in [0.15, 0.2) is 0 Å². The maximum Gasteiger partial charge on any atom is 0.319 e. The third-order valence-corrected chi connectivity index (χ3v) is 4.38. The second-order valence-electron chi connectivity index (χ2n) is 5.95. The predicted molar refractivity (Wildman–Crippen MR) is 91.2 cm³/mol. The number of benzene rings is 2. The smallest absolute Gasteiger partial charge is 0.319 e. The van der Waals surface area contributed by atoms with Crippen LogP contribution < -0.4 is 0 Å². The lowest BCUT2D eigenvalue weighted by molar-refractivity contribution is -0.153. The fourth-order valence-corrected chi connectivity index (χ4v) is 3.24. The van der Waals surface area contributed by atoms with E-state index in [2.05, 4.69) is 0 Å². The zero-order chi connectivity index (χ0) is 16.9. The lowest BCUT2D eigenvalue weighted by Gasteiger charge is -2.16. The van der Waals surface area contributed by atoms with Crippen molar-refractivity contribution in [2.24, 2.45) is 5.92 Å². The van der Waals surface area contributed by atoms with Crippen molar-refractivity contribution in [3.05, 3.63) is 71.8 Å². The molecule has 0 aromatic heterocycles. The summed E-state index contributed by atoms with van der Waals surface area (Å²) in [4.78, 5) is 27.0. The summed E-state index contributed by atoms with van der Waals surface area (Å²) in [6.45, 7) is 3.08. The van der Waals surface area contributed by atoms with Crippen molar-refractivity contribution in [1.29, 1.82) is 0 Å². The van der Waals surface area contributed by atoms with Crippen LogP contribution in [0.25, 0.3) is 0 Å². The zero-order valence-corrected chi connectivity index (χ0v) is 13.7. The average molecular weight is 323 g/mol. The Bertz CT molecular complexity index is 699. The molecule has 0 bridgehead atoms. The molecule has 2 aromatic carbocycles. The Labute approximate surface area is 142 Å². The van der Waals surface area contributed by atoms with Crippen LogP contribution in [0.3, 0.4) is 0 Å². The number of nitrogens with zero attached hydrogens (tertiary/aromatic N) is 1. The van der Waals surface area contributed by atoms with Crippen molar-refractivity contribution in [2.75, 3.05) is 13.2 Å². The van der Waals surface area contributed by atoms with Gasteiger partial charge in [-0.1, -0.05) is 60.7 Å². The minimum Gasteiger partial charge on any atom is -0.465 e. The Morgan fingerprint density at radius 3 is 2.33 bits per heavy atom. The molecular formula is C20H21NO3. The van der Waals surface area contributed by atoms with Gasteiger partial charge in [-0.25, -0.2) is 0 Å². The van der Waals surface area contributed by atoms with E-state index < -0.39 is 11.9 Å². The van der Waals surface area contributed by atoms with E-state index >= 15 is 0 Å². The highest BCUT2D eigenvalue weighted by molar-refractivity contribution is 6.00. The lowest BCUT2D eigenvalue weighted by Crippen LogP contribution is -2.31. The van der Waals surface area contributed by atoms with Gasteiger partial charge in [-0.2, -0.15) is 0 Å². The molecular weight excluding hydrogens is 302 g/mol. The van der Waals surface area contributed by atoms with Crippen LogP contribution in [-0.4, -0.2) is 29.9 Å². The average Bonchev–Trinajstić information content (AvgIpc) is 2.93. The first-order valence-electron chi connectivity index (χ1n) is 8.25.